The van der Waals surface area contributed by atoms with E-state index in [9.17, 15) is 4.79 Å². The molecule has 0 saturated heterocycles. The van der Waals surface area contributed by atoms with E-state index in [0.29, 0.717) is 5.76 Å². The summed E-state index contributed by atoms with van der Waals surface area (Å²) in [5.41, 5.74) is 1.61. The summed E-state index contributed by atoms with van der Waals surface area (Å²) in [6.07, 6.45) is 3.30. The Bertz CT molecular complexity index is 505. The fraction of sp³-hybridized carbons (Fsp3) is 0.100. The fourth-order valence-electron chi connectivity index (χ4n) is 1.25. The number of carbonyl (C=O) groups is 1. The third-order valence-electron chi connectivity index (χ3n) is 2.02. The second-order valence-electron chi connectivity index (χ2n) is 3.07. The van der Waals surface area contributed by atoms with Crippen LogP contribution in [0.15, 0.2) is 29.0 Å². The van der Waals surface area contributed by atoms with Crippen LogP contribution in [0.2, 0.25) is 0 Å². The summed E-state index contributed by atoms with van der Waals surface area (Å²) in [6.45, 7) is 1.87. The van der Waals surface area contributed by atoms with Gasteiger partial charge in [-0.1, -0.05) is 5.16 Å². The van der Waals surface area contributed by atoms with E-state index in [1.54, 1.807) is 18.5 Å². The lowest BCUT2D eigenvalue weighted by Crippen LogP contribution is -1.94. The monoisotopic (exact) mass is 204 g/mol. The molecule has 76 valence electrons. The minimum atomic E-state index is -1.10. The number of aromatic nitrogens is 2. The minimum Gasteiger partial charge on any atom is -0.476 e. The maximum atomic E-state index is 10.6. The fourth-order valence-corrected chi connectivity index (χ4v) is 1.25. The van der Waals surface area contributed by atoms with E-state index in [2.05, 4.69) is 10.1 Å². The zero-order chi connectivity index (χ0) is 10.8. The first-order valence-corrected chi connectivity index (χ1v) is 4.29. The van der Waals surface area contributed by atoms with E-state index in [4.69, 9.17) is 9.63 Å². The van der Waals surface area contributed by atoms with Crippen LogP contribution < -0.4 is 0 Å². The van der Waals surface area contributed by atoms with Crippen molar-refractivity contribution in [2.45, 2.75) is 6.92 Å². The maximum Gasteiger partial charge on any atom is 0.358 e. The number of hydrogen-bond acceptors (Lipinski definition) is 4. The molecule has 2 heterocycles. The number of aromatic carboxylic acids is 1. The van der Waals surface area contributed by atoms with Gasteiger partial charge in [-0.3, -0.25) is 4.98 Å². The molecule has 0 saturated carbocycles. The Morgan fingerprint density at radius 2 is 2.33 bits per heavy atom. The number of nitrogens with zero attached hydrogens (tertiary/aromatic N) is 2. The van der Waals surface area contributed by atoms with Crippen LogP contribution in [0, 0.1) is 6.92 Å². The molecule has 0 aliphatic heterocycles. The highest BCUT2D eigenvalue weighted by Gasteiger charge is 2.13. The Labute approximate surface area is 85.4 Å². The number of rotatable bonds is 2. The second kappa shape index (κ2) is 3.53. The maximum absolute atomic E-state index is 10.6. The van der Waals surface area contributed by atoms with Gasteiger partial charge in [0.2, 0.25) is 0 Å². The SMILES string of the molecule is Cc1cnccc1-c1cc(C(=O)O)no1. The van der Waals surface area contributed by atoms with Crippen LogP contribution in [-0.2, 0) is 0 Å². The summed E-state index contributed by atoms with van der Waals surface area (Å²) in [5.74, 6) is -0.663. The zero-order valence-corrected chi connectivity index (χ0v) is 7.97. The third-order valence-corrected chi connectivity index (χ3v) is 2.02. The predicted octanol–water partition coefficient (Wildman–Crippen LogP) is 1.74. The highest BCUT2D eigenvalue weighted by Crippen LogP contribution is 2.22. The van der Waals surface area contributed by atoms with Crippen LogP contribution in [0.25, 0.3) is 11.3 Å². The molecule has 0 fully saturated rings. The lowest BCUT2D eigenvalue weighted by molar-refractivity contribution is 0.0686. The number of carboxylic acid groups (broad SMARTS) is 1. The van der Waals surface area contributed by atoms with Gasteiger partial charge in [0.15, 0.2) is 11.5 Å². The van der Waals surface area contributed by atoms with Gasteiger partial charge in [0.1, 0.15) is 0 Å². The highest BCUT2D eigenvalue weighted by atomic mass is 16.5. The lowest BCUT2D eigenvalue weighted by Gasteiger charge is -1.97. The van der Waals surface area contributed by atoms with E-state index in [-0.39, 0.29) is 5.69 Å². The van der Waals surface area contributed by atoms with Gasteiger partial charge in [-0.15, -0.1) is 0 Å². The van der Waals surface area contributed by atoms with Crippen LogP contribution in [0.3, 0.4) is 0 Å². The first kappa shape index (κ1) is 9.39. The van der Waals surface area contributed by atoms with Gasteiger partial charge in [0.05, 0.1) is 0 Å². The van der Waals surface area contributed by atoms with Gasteiger partial charge in [-0.25, -0.2) is 4.79 Å². The Morgan fingerprint density at radius 1 is 1.53 bits per heavy atom. The van der Waals surface area contributed by atoms with E-state index in [0.717, 1.165) is 11.1 Å². The van der Waals surface area contributed by atoms with E-state index in [1.165, 1.54) is 6.07 Å². The molecule has 15 heavy (non-hydrogen) atoms. The van der Waals surface area contributed by atoms with E-state index < -0.39 is 5.97 Å². The molecule has 1 N–H and O–H groups in total. The van der Waals surface area contributed by atoms with Gasteiger partial charge in [0.25, 0.3) is 0 Å². The van der Waals surface area contributed by atoms with Crippen LogP contribution in [0.1, 0.15) is 16.1 Å². The first-order chi connectivity index (χ1) is 7.18. The molecule has 2 rings (SSSR count). The molecule has 0 bridgehead atoms. The molecule has 0 aliphatic rings. The average molecular weight is 204 g/mol. The van der Waals surface area contributed by atoms with Crippen molar-refractivity contribution in [2.75, 3.05) is 0 Å². The van der Waals surface area contributed by atoms with Crippen molar-refractivity contribution in [3.63, 3.8) is 0 Å². The number of aryl methyl sites for hydroxylation is 1. The molecular weight excluding hydrogens is 196 g/mol. The minimum absolute atomic E-state index is 0.0961. The van der Waals surface area contributed by atoms with Crippen molar-refractivity contribution < 1.29 is 14.4 Å². The summed E-state index contributed by atoms with van der Waals surface area (Å²) >= 11 is 0. The summed E-state index contributed by atoms with van der Waals surface area (Å²) < 4.78 is 4.93. The molecule has 2 aromatic heterocycles. The van der Waals surface area contributed by atoms with Crippen molar-refractivity contribution in [3.05, 3.63) is 35.8 Å². The van der Waals surface area contributed by atoms with E-state index >= 15 is 0 Å². The highest BCUT2D eigenvalue weighted by molar-refractivity contribution is 5.86. The Morgan fingerprint density at radius 3 is 2.93 bits per heavy atom. The van der Waals surface area contributed by atoms with Crippen molar-refractivity contribution in [1.82, 2.24) is 10.1 Å². The van der Waals surface area contributed by atoms with Gasteiger partial charge in [0, 0.05) is 24.0 Å². The standard InChI is InChI=1S/C10H8N2O3/c1-6-5-11-3-2-7(6)9-4-8(10(13)14)12-15-9/h2-5H,1H3,(H,13,14). The quantitative estimate of drug-likeness (QED) is 0.806. The normalized spacial score (nSPS) is 10.2. The van der Waals surface area contributed by atoms with Crippen LogP contribution in [0.4, 0.5) is 0 Å². The summed E-state index contributed by atoms with van der Waals surface area (Å²) in [4.78, 5) is 14.5. The summed E-state index contributed by atoms with van der Waals surface area (Å²) in [5, 5.41) is 12.1. The Balaban J connectivity index is 2.46. The third kappa shape index (κ3) is 1.71. The van der Waals surface area contributed by atoms with Gasteiger partial charge < -0.3 is 9.63 Å². The molecule has 0 spiro atoms. The molecule has 5 heteroatoms. The van der Waals surface area contributed by atoms with Gasteiger partial charge in [-0.2, -0.15) is 0 Å². The average Bonchev–Trinajstić information content (AvgIpc) is 2.67. The smallest absolute Gasteiger partial charge is 0.358 e. The summed E-state index contributed by atoms with van der Waals surface area (Å²) in [6, 6.07) is 3.14. The van der Waals surface area contributed by atoms with Crippen LogP contribution in [0.5, 0.6) is 0 Å². The Kier molecular flexibility index (Phi) is 2.21. The first-order valence-electron chi connectivity index (χ1n) is 4.29. The molecule has 0 unspecified atom stereocenters. The molecule has 0 amide bonds. The number of pyridine rings is 1. The summed E-state index contributed by atoms with van der Waals surface area (Å²) in [7, 11) is 0. The van der Waals surface area contributed by atoms with Crippen LogP contribution >= 0.6 is 0 Å². The molecule has 0 aromatic carbocycles. The molecule has 5 nitrogen and oxygen atoms in total. The van der Waals surface area contributed by atoms with Gasteiger partial charge >= 0.3 is 5.97 Å². The molecule has 2 aromatic rings. The van der Waals surface area contributed by atoms with E-state index in [1.807, 2.05) is 6.92 Å². The topological polar surface area (TPSA) is 76.2 Å². The van der Waals surface area contributed by atoms with Crippen molar-refractivity contribution in [2.24, 2.45) is 0 Å². The molecule has 0 radical (unpaired) electrons. The van der Waals surface area contributed by atoms with Crippen molar-refractivity contribution in [1.29, 1.82) is 0 Å². The van der Waals surface area contributed by atoms with Gasteiger partial charge in [-0.05, 0) is 18.6 Å². The zero-order valence-electron chi connectivity index (χ0n) is 7.97. The number of hydrogen-bond donors (Lipinski definition) is 1. The second-order valence-corrected chi connectivity index (χ2v) is 3.07. The lowest BCUT2D eigenvalue weighted by atomic mass is 10.1. The Hall–Kier alpha value is -2.17. The molecule has 0 atom stereocenters. The molecule has 0 aliphatic carbocycles. The molecular formula is C10H8N2O3. The predicted molar refractivity (Wildman–Crippen MR) is 51.4 cm³/mol. The van der Waals surface area contributed by atoms with Crippen LogP contribution in [-0.4, -0.2) is 21.2 Å². The number of carboxylic acids is 1. The van der Waals surface area contributed by atoms with Crippen molar-refractivity contribution >= 4 is 5.97 Å². The largest absolute Gasteiger partial charge is 0.476 e. The van der Waals surface area contributed by atoms with Crippen molar-refractivity contribution in [3.8, 4) is 11.3 Å².